The first-order valence-corrected chi connectivity index (χ1v) is 5.91. The van der Waals surface area contributed by atoms with E-state index < -0.39 is 102 Å². The summed E-state index contributed by atoms with van der Waals surface area (Å²) in [5, 5.41) is -1.50. The lowest BCUT2D eigenvalue weighted by Crippen LogP contribution is -2.54. The van der Waals surface area contributed by atoms with Crippen molar-refractivity contribution in [2.24, 2.45) is 5.72 Å². The summed E-state index contributed by atoms with van der Waals surface area (Å²) in [6.45, 7) is -3.01. The molecule has 0 saturated heterocycles. The number of carbonyl (C=O) groups excluding carboxylic acids is 2. The number of ether oxygens (including phenoxy) is 2. The number of rotatable bonds is 9. The molecule has 0 atom stereocenters. The van der Waals surface area contributed by atoms with E-state index in [1.165, 1.54) is 6.92 Å². The predicted molar refractivity (Wildman–Crippen MR) is 85.6 cm³/mol. The highest BCUT2D eigenvalue weighted by Gasteiger charge is 2.08. The van der Waals surface area contributed by atoms with Crippen LogP contribution in [0.1, 0.15) is 62.0 Å². The van der Waals surface area contributed by atoms with Crippen molar-refractivity contribution in [3.63, 3.8) is 0 Å². The number of hydrogen-bond acceptors (Lipinski definition) is 4. The van der Waals surface area contributed by atoms with E-state index in [2.05, 4.69) is 9.47 Å². The van der Waals surface area contributed by atoms with Crippen LogP contribution in [0.5, 0.6) is 5.75 Å². The Kier molecular flexibility index (Phi) is 2.20. The molecule has 0 bridgehead atoms. The molecule has 5 N–H and O–H groups in total. The first-order valence-electron chi connectivity index (χ1n) is 15.1. The van der Waals surface area contributed by atoms with Crippen LogP contribution in [-0.2, 0) is 9.53 Å². The van der Waals surface area contributed by atoms with Crippen LogP contribution in [0.25, 0.3) is 0 Å². The normalized spacial score (nSPS) is 24.7. The van der Waals surface area contributed by atoms with Crippen LogP contribution in [0.2, 0.25) is 7.06 Å². The number of guanidine groups is 1. The van der Waals surface area contributed by atoms with Gasteiger partial charge < -0.3 is 9.47 Å². The van der Waals surface area contributed by atoms with Crippen molar-refractivity contribution < 1.29 is 50.7 Å². The van der Waals surface area contributed by atoms with Crippen LogP contribution in [0.4, 0.5) is 0 Å². The molecule has 1 aromatic carbocycles. The van der Waals surface area contributed by atoms with Gasteiger partial charge in [-0.1, -0.05) is 0 Å². The first kappa shape index (κ1) is 4.96. The molecule has 7 heteroatoms. The van der Waals surface area contributed by atoms with Gasteiger partial charge in [0.1, 0.15) is 5.75 Å². The highest BCUT2D eigenvalue weighted by Crippen LogP contribution is 2.14. The quantitative estimate of drug-likeness (QED) is 0.252. The van der Waals surface area contributed by atoms with Gasteiger partial charge in [-0.3, -0.25) is 21.2 Å². The third-order valence-electron chi connectivity index (χ3n) is 1.78. The zero-order valence-corrected chi connectivity index (χ0v) is 11.7. The number of carbonyl (C=O) groups is 2. The van der Waals surface area contributed by atoms with Crippen LogP contribution >= 0.6 is 0 Å². The maximum Gasteiger partial charge on any atom is 0.338 e. The zero-order valence-electron chi connectivity index (χ0n) is 30.7. The smallest absolute Gasteiger partial charge is 0.338 e. The lowest BCUT2D eigenvalue weighted by molar-refractivity contribution is -0.134. The molecule has 1 aromatic rings. The molecule has 0 aliphatic rings. The fourth-order valence-electron chi connectivity index (χ4n) is 0.995. The molecule has 0 unspecified atom stereocenters. The molecule has 0 aromatic heterocycles. The van der Waals surface area contributed by atoms with Gasteiger partial charge >= 0.3 is 17.9 Å². The van der Waals surface area contributed by atoms with Gasteiger partial charge in [0, 0.05) is 17.3 Å². The molecular formula is C16H24N3O4+. The van der Waals surface area contributed by atoms with Crippen molar-refractivity contribution in [2.45, 2.75) is 32.4 Å². The minimum Gasteiger partial charge on any atom is -0.462 e. The molecule has 1 rings (SSSR count). The second-order valence-electron chi connectivity index (χ2n) is 3.34. The highest BCUT2D eigenvalue weighted by molar-refractivity contribution is 5.89. The Labute approximate surface area is 162 Å². The molecule has 23 heavy (non-hydrogen) atoms. The second-order valence-corrected chi connectivity index (χ2v) is 3.34. The monoisotopic (exact) mass is 341 g/mol. The fraction of sp³-hybridized carbons (Fsp3) is 0.438. The molecular weight excluding hydrogens is 298 g/mol. The molecule has 126 valence electrons. The van der Waals surface area contributed by atoms with E-state index in [4.69, 9.17) is 26.2 Å². The average Bonchev–Trinajstić information content (AvgIpc) is 2.84. The van der Waals surface area contributed by atoms with Gasteiger partial charge in [0.2, 0.25) is 0 Å². The van der Waals surface area contributed by atoms with Crippen LogP contribution in [0.3, 0.4) is 0 Å². The molecule has 0 aliphatic carbocycles. The molecule has 0 heterocycles. The number of benzene rings is 1. The van der Waals surface area contributed by atoms with Crippen molar-refractivity contribution >= 4 is 17.9 Å². The summed E-state index contributed by atoms with van der Waals surface area (Å²) in [6.07, 6.45) is -17.6. The van der Waals surface area contributed by atoms with Gasteiger partial charge in [0.25, 0.3) is 7.06 Å². The van der Waals surface area contributed by atoms with Gasteiger partial charge in [-0.2, -0.15) is 0 Å². The standard InChI is InChI=1S/C16H23N3O4/c1-2-22-15(21)12-7-9-13(10-8-12)23-14(20)6-4-3-5-11-19-16(17)18/h7-10H,2-6,11H2,1H3,(H4,17,18,19)/p+1/i3D2,4D2,5D2,6D2,7D,8D,9D,10D,11D2/hD5. The third kappa shape index (κ3) is 7.85. The van der Waals surface area contributed by atoms with E-state index in [0.717, 1.165) is 0 Å². The van der Waals surface area contributed by atoms with E-state index in [0.29, 0.717) is 0 Å². The van der Waals surface area contributed by atoms with Gasteiger partial charge in [-0.25, -0.2) is 4.79 Å². The Bertz CT molecular complexity index is 1230. The van der Waals surface area contributed by atoms with Crippen LogP contribution in [0.15, 0.2) is 24.2 Å². The Morgan fingerprint density at radius 2 is 2.22 bits per heavy atom. The lowest BCUT2D eigenvalue weighted by Gasteiger charge is -2.06. The molecule has 7 nitrogen and oxygen atoms in total. The van der Waals surface area contributed by atoms with E-state index in [-0.39, 0.29) is 6.61 Å². The summed E-state index contributed by atoms with van der Waals surface area (Å²) in [5.74, 6) is -6.68. The summed E-state index contributed by atoms with van der Waals surface area (Å²) in [4.78, 5) is 24.9. The fourth-order valence-corrected chi connectivity index (χ4v) is 0.995. The summed E-state index contributed by atoms with van der Waals surface area (Å²) < 4.78 is 157. The summed E-state index contributed by atoms with van der Waals surface area (Å²) in [5.41, 5.74) is -1.57. The Morgan fingerprint density at radius 1 is 1.43 bits per heavy atom. The summed E-state index contributed by atoms with van der Waals surface area (Å²) >= 11 is 0. The van der Waals surface area contributed by atoms with E-state index in [1.54, 1.807) is 0 Å². The van der Waals surface area contributed by atoms with Crippen molar-refractivity contribution in [1.82, 2.24) is 5.31 Å². The molecule has 0 amide bonds. The van der Waals surface area contributed by atoms with Gasteiger partial charge in [0.15, 0.2) is 0 Å². The maximum absolute atomic E-state index is 12.8. The number of esters is 2. The van der Waals surface area contributed by atoms with Crippen LogP contribution in [-0.4, -0.2) is 31.0 Å². The van der Waals surface area contributed by atoms with E-state index in [9.17, 15) is 9.59 Å². The average molecular weight is 342 g/mol. The number of nitrogens with one attached hydrogen (secondary N) is 1. The zero-order chi connectivity index (χ0) is 33.5. The molecule has 0 spiro atoms. The van der Waals surface area contributed by atoms with Gasteiger partial charge in [-0.15, -0.1) is 0 Å². The number of nitrogens with two attached hydrogens (primary N) is 2. The second kappa shape index (κ2) is 10.2. The van der Waals surface area contributed by atoms with E-state index in [1.807, 2.05) is 0 Å². The number of hydrogen-bond donors (Lipinski definition) is 3. The van der Waals surface area contributed by atoms with Crippen molar-refractivity contribution in [1.29, 1.82) is 0 Å². The van der Waals surface area contributed by atoms with Crippen molar-refractivity contribution in [3.05, 3.63) is 29.7 Å². The summed E-state index contributed by atoms with van der Waals surface area (Å²) in [6, 6.07) is -4.65. The SMILES string of the molecule is [2H]c1c([2H])c(C(=O)OCC)c([2H])c([2H])c1OC(=O)C([2H])([2H])C([2H])([2H])C([2H])([2H])C([2H])([2H])C([2H])([2H])N([2H])C(N([2H])[2H])=[N+]([2H])[2H]. The van der Waals surface area contributed by atoms with Crippen molar-refractivity contribution in [3.8, 4) is 5.75 Å². The van der Waals surface area contributed by atoms with Gasteiger partial charge in [0.05, 0.1) is 26.9 Å². The lowest BCUT2D eigenvalue weighted by atomic mass is 10.2. The Hall–Kier alpha value is -2.57. The van der Waals surface area contributed by atoms with Crippen molar-refractivity contribution in [2.75, 3.05) is 13.1 Å². The van der Waals surface area contributed by atoms with Crippen LogP contribution < -0.4 is 21.2 Å². The Morgan fingerprint density at radius 3 is 2.87 bits per heavy atom. The predicted octanol–water partition coefficient (Wildman–Crippen LogP) is -0.00750. The highest BCUT2D eigenvalue weighted by atomic mass is 16.5. The minimum atomic E-state index is -4.47. The molecule has 0 radical (unpaired) electrons. The maximum atomic E-state index is 12.8. The third-order valence-corrected chi connectivity index (χ3v) is 1.78. The topological polar surface area (TPSA) is 116 Å². The Balaban J connectivity index is 3.67. The molecule has 0 saturated carbocycles. The molecule has 0 fully saturated rings. The first-order chi connectivity index (χ1) is 18.7. The molecule has 0 aliphatic heterocycles. The summed E-state index contributed by atoms with van der Waals surface area (Å²) in [7, 11) is 0. The minimum absolute atomic E-state index is 0.218. The van der Waals surface area contributed by atoms with E-state index >= 15 is 0 Å². The largest absolute Gasteiger partial charge is 0.462 e. The van der Waals surface area contributed by atoms with Crippen LogP contribution in [0, 0.1) is 0 Å². The van der Waals surface area contributed by atoms with Gasteiger partial charge in [-0.05, 0) is 50.2 Å².